The first-order chi connectivity index (χ1) is 18.5. The third-order valence-corrected chi connectivity index (χ3v) is 8.87. The Labute approximate surface area is 233 Å². The van der Waals surface area contributed by atoms with Gasteiger partial charge in [0, 0.05) is 43.8 Å². The first-order valence-corrected chi connectivity index (χ1v) is 15.5. The number of fused-ring (bicyclic) bond motifs is 1. The highest BCUT2D eigenvalue weighted by Gasteiger charge is 2.26. The minimum atomic E-state index is -3.25. The lowest BCUT2D eigenvalue weighted by atomic mass is 10.0. The molecule has 0 amide bonds. The van der Waals surface area contributed by atoms with Crippen LogP contribution in [0.1, 0.15) is 64.3 Å². The first-order valence-electron chi connectivity index (χ1n) is 13.1. The molecule has 1 aromatic carbocycles. The number of nitrogens with zero attached hydrogens (tertiary/aromatic N) is 5. The molecule has 0 radical (unpaired) electrons. The van der Waals surface area contributed by atoms with E-state index in [0.717, 1.165) is 53.1 Å². The summed E-state index contributed by atoms with van der Waals surface area (Å²) in [5, 5.41) is 16.1. The number of aromatic nitrogens is 3. The number of anilines is 1. The average Bonchev–Trinajstić information content (AvgIpc) is 3.55. The number of hydrogen-bond acceptors (Lipinski definition) is 11. The van der Waals surface area contributed by atoms with E-state index in [1.165, 1.54) is 22.8 Å². The van der Waals surface area contributed by atoms with E-state index in [1.807, 2.05) is 26.0 Å². The minimum absolute atomic E-state index is 0.0655. The Morgan fingerprint density at radius 1 is 1.21 bits per heavy atom. The highest BCUT2D eigenvalue weighted by molar-refractivity contribution is 8.39. The summed E-state index contributed by atoms with van der Waals surface area (Å²) in [4.78, 5) is 15.6. The van der Waals surface area contributed by atoms with Crippen molar-refractivity contribution in [2.45, 2.75) is 64.6 Å². The van der Waals surface area contributed by atoms with Gasteiger partial charge in [0.2, 0.25) is 0 Å². The molecule has 4 heterocycles. The van der Waals surface area contributed by atoms with Crippen molar-refractivity contribution in [1.82, 2.24) is 15.1 Å². The summed E-state index contributed by atoms with van der Waals surface area (Å²) < 4.78 is 34.0. The van der Waals surface area contributed by atoms with Gasteiger partial charge in [0.1, 0.15) is 11.1 Å². The second-order valence-electron chi connectivity index (χ2n) is 10.7. The lowest BCUT2D eigenvalue weighted by molar-refractivity contribution is 0.133. The summed E-state index contributed by atoms with van der Waals surface area (Å²) in [6.45, 7) is 9.26. The maximum absolute atomic E-state index is 10.6. The maximum atomic E-state index is 10.6. The summed E-state index contributed by atoms with van der Waals surface area (Å²) in [7, 11) is -3.25. The third kappa shape index (κ3) is 6.69. The van der Waals surface area contributed by atoms with Crippen LogP contribution in [0.3, 0.4) is 0 Å². The number of piperidine rings is 1. The van der Waals surface area contributed by atoms with E-state index in [4.69, 9.17) is 9.26 Å². The predicted octanol–water partition coefficient (Wildman–Crippen LogP) is 6.07. The van der Waals surface area contributed by atoms with Gasteiger partial charge in [-0.25, -0.2) is 4.98 Å². The van der Waals surface area contributed by atoms with Crippen molar-refractivity contribution in [1.29, 1.82) is 0 Å². The number of benzene rings is 1. The Balaban J connectivity index is 1.24. The normalized spacial score (nSPS) is 18.2. The van der Waals surface area contributed by atoms with Crippen molar-refractivity contribution in [3.63, 3.8) is 0 Å². The fourth-order valence-electron chi connectivity index (χ4n) is 4.34. The van der Waals surface area contributed by atoms with Crippen molar-refractivity contribution in [2.24, 2.45) is 4.99 Å². The fourth-order valence-corrected chi connectivity index (χ4v) is 6.52. The molecule has 2 aliphatic heterocycles. The molecule has 2 aliphatic rings. The van der Waals surface area contributed by atoms with Crippen LogP contribution < -0.4 is 9.64 Å². The number of rotatable bonds is 7. The second kappa shape index (κ2) is 11.0. The third-order valence-electron chi connectivity index (χ3n) is 6.59. The van der Waals surface area contributed by atoms with Gasteiger partial charge in [-0.1, -0.05) is 36.4 Å². The van der Waals surface area contributed by atoms with Gasteiger partial charge in [-0.2, -0.15) is 4.98 Å². The highest BCUT2D eigenvalue weighted by atomic mass is 32.3. The Hall–Kier alpha value is -2.77. The number of ether oxygens (including phenoxy) is 1. The molecule has 5 rings (SSSR count). The average molecular weight is 574 g/mol. The predicted molar refractivity (Wildman–Crippen MR) is 157 cm³/mol. The zero-order valence-corrected chi connectivity index (χ0v) is 24.2. The van der Waals surface area contributed by atoms with Crippen LogP contribution in [-0.4, -0.2) is 65.7 Å². The number of aliphatic imine (C=N–C) groups is 1. The molecule has 0 atom stereocenters. The molecule has 39 heavy (non-hydrogen) atoms. The van der Waals surface area contributed by atoms with Crippen LogP contribution in [0, 0.1) is 0 Å². The summed E-state index contributed by atoms with van der Waals surface area (Å²) in [6.07, 6.45) is 5.56. The van der Waals surface area contributed by atoms with Crippen LogP contribution in [0.25, 0.3) is 15.8 Å². The van der Waals surface area contributed by atoms with Crippen LogP contribution in [0.5, 0.6) is 5.19 Å². The Morgan fingerprint density at radius 2 is 1.97 bits per heavy atom. The molecule has 12 heteroatoms. The molecule has 3 aromatic rings. The van der Waals surface area contributed by atoms with Gasteiger partial charge in [-0.15, -0.1) is 10.6 Å². The van der Waals surface area contributed by atoms with E-state index in [1.54, 1.807) is 19.9 Å². The highest BCUT2D eigenvalue weighted by Crippen LogP contribution is 2.45. The van der Waals surface area contributed by atoms with Gasteiger partial charge < -0.3 is 19.3 Å². The van der Waals surface area contributed by atoms with E-state index < -0.39 is 16.2 Å². The van der Waals surface area contributed by atoms with Crippen LogP contribution in [-0.2, 0) is 0 Å². The summed E-state index contributed by atoms with van der Waals surface area (Å²) in [6, 6.07) is 6.60. The van der Waals surface area contributed by atoms with Crippen molar-refractivity contribution < 1.29 is 23.5 Å². The molecule has 2 aromatic heterocycles. The fraction of sp³-hybridized carbons (Fsp3) is 0.481. The van der Waals surface area contributed by atoms with Crippen LogP contribution in [0.15, 0.2) is 45.3 Å². The van der Waals surface area contributed by atoms with E-state index >= 15 is 0 Å². The van der Waals surface area contributed by atoms with Crippen molar-refractivity contribution in [3.8, 4) is 5.19 Å². The molecule has 0 saturated carbocycles. The largest absolute Gasteiger partial charge is 0.467 e. The molecule has 3 N–H and O–H groups in total. The van der Waals surface area contributed by atoms with Gasteiger partial charge in [0.15, 0.2) is 5.82 Å². The zero-order valence-electron chi connectivity index (χ0n) is 22.6. The topological polar surface area (TPSA) is 137 Å². The van der Waals surface area contributed by atoms with E-state index in [-0.39, 0.29) is 17.1 Å². The molecule has 10 nitrogen and oxygen atoms in total. The zero-order chi connectivity index (χ0) is 27.8. The monoisotopic (exact) mass is 573 g/mol. The van der Waals surface area contributed by atoms with Gasteiger partial charge in [-0.05, 0) is 55.7 Å². The number of thiazole rings is 1. The van der Waals surface area contributed by atoms with Gasteiger partial charge >= 0.3 is 6.01 Å². The Kier molecular flexibility index (Phi) is 7.84. The molecular weight excluding hydrogens is 538 g/mol. The van der Waals surface area contributed by atoms with E-state index in [2.05, 4.69) is 31.1 Å². The summed E-state index contributed by atoms with van der Waals surface area (Å²) >= 11 is 1.51. The van der Waals surface area contributed by atoms with Crippen molar-refractivity contribution >= 4 is 48.8 Å². The Bertz CT molecular complexity index is 1410. The lowest BCUT2D eigenvalue weighted by Gasteiger charge is -2.31. The quantitative estimate of drug-likeness (QED) is 0.307. The van der Waals surface area contributed by atoms with Gasteiger partial charge in [0.25, 0.3) is 5.19 Å². The number of hydrogen-bond donors (Lipinski definition) is 3. The second-order valence-corrected chi connectivity index (χ2v) is 13.6. The molecule has 0 spiro atoms. The molecule has 1 fully saturated rings. The standard InChI is InChI=1S/C27H35N5O5S2/c1-17(2)24-30-25(37-31-24)32-12-8-20(9-13-32)36-26-29-21-6-5-18(15-22(21)38-26)19-7-11-28-23(16-19)39(34,35)14-10-27(3,4)33/h5-6,10,14-17,20,33-35H,7-9,11-13H2,1-4H3. The minimum Gasteiger partial charge on any atom is -0.467 e. The Morgan fingerprint density at radius 3 is 2.67 bits per heavy atom. The summed E-state index contributed by atoms with van der Waals surface area (Å²) in [5.41, 5.74) is 1.68. The SMILES string of the molecule is CC(C)c1noc(N2CCC(Oc3nc4ccc(C5=CC(S(O)(O)C=CC(C)(C)O)=NCC5)cc4s3)CC2)n1. The molecule has 0 unspecified atom stereocenters. The van der Waals surface area contributed by atoms with Gasteiger partial charge in [-0.3, -0.25) is 14.1 Å². The first kappa shape index (κ1) is 27.8. The molecule has 0 bridgehead atoms. The van der Waals surface area contributed by atoms with Crippen LogP contribution >= 0.6 is 21.9 Å². The molecule has 210 valence electrons. The van der Waals surface area contributed by atoms with Crippen LogP contribution in [0.2, 0.25) is 0 Å². The molecule has 1 saturated heterocycles. The summed E-state index contributed by atoms with van der Waals surface area (Å²) in [5.74, 6) is 0.953. The van der Waals surface area contributed by atoms with Crippen LogP contribution in [0.4, 0.5) is 6.01 Å². The van der Waals surface area contributed by atoms with Crippen molar-refractivity contribution in [3.05, 3.63) is 47.1 Å². The molecular formula is C27H35N5O5S2. The van der Waals surface area contributed by atoms with Gasteiger partial charge in [0.05, 0.1) is 15.8 Å². The van der Waals surface area contributed by atoms with E-state index in [0.29, 0.717) is 24.2 Å². The smallest absolute Gasteiger partial charge is 0.324 e. The van der Waals surface area contributed by atoms with E-state index in [9.17, 15) is 14.2 Å². The molecule has 0 aliphatic carbocycles. The lowest BCUT2D eigenvalue weighted by Crippen LogP contribution is -2.38. The maximum Gasteiger partial charge on any atom is 0.324 e. The number of dihydropyridines is 1. The number of aliphatic hydroxyl groups is 1. The van der Waals surface area contributed by atoms with Crippen molar-refractivity contribution in [2.75, 3.05) is 24.5 Å².